The number of nitrogens with zero attached hydrogens (tertiary/aromatic N) is 2. The number of ketones is 1. The van der Waals surface area contributed by atoms with Crippen LogP contribution in [0.1, 0.15) is 48.5 Å². The van der Waals surface area contributed by atoms with Crippen LogP contribution in [0.2, 0.25) is 0 Å². The summed E-state index contributed by atoms with van der Waals surface area (Å²) < 4.78 is 0. The van der Waals surface area contributed by atoms with E-state index in [9.17, 15) is 14.7 Å². The summed E-state index contributed by atoms with van der Waals surface area (Å²) >= 11 is 0. The minimum atomic E-state index is -1.86. The molecule has 5 rings (SSSR count). The standard InChI is InChI=1S/C27H28N2O3/c1-19-9-6-7-16-28(19)18-29-24-15-5-4-14-23(24)27(32,26(29)31)17-25(30)22-13-8-11-20-10-2-3-12-21(20)22/h2-5,8,10-15,19,32H,6-7,9,16-18H2,1H3. The molecule has 0 saturated carbocycles. The molecule has 5 heteroatoms. The minimum Gasteiger partial charge on any atom is -0.375 e. The number of aliphatic hydroxyl groups is 1. The largest absolute Gasteiger partial charge is 0.375 e. The van der Waals surface area contributed by atoms with Gasteiger partial charge in [-0.25, -0.2) is 0 Å². The lowest BCUT2D eigenvalue weighted by Crippen LogP contribution is -2.49. The van der Waals surface area contributed by atoms with Gasteiger partial charge in [-0.3, -0.25) is 19.4 Å². The average molecular weight is 429 g/mol. The van der Waals surface area contributed by atoms with Crippen LogP contribution in [0.15, 0.2) is 66.7 Å². The molecule has 1 N–H and O–H groups in total. The molecular formula is C27H28N2O3. The van der Waals surface area contributed by atoms with E-state index in [1.807, 2.05) is 54.6 Å². The van der Waals surface area contributed by atoms with Gasteiger partial charge in [0.05, 0.1) is 18.8 Å². The zero-order chi connectivity index (χ0) is 22.3. The summed E-state index contributed by atoms with van der Waals surface area (Å²) in [4.78, 5) is 30.9. The fourth-order valence-electron chi connectivity index (χ4n) is 5.16. The Hall–Kier alpha value is -3.02. The number of Topliss-reactive ketones (excluding diaryl/α,β-unsaturated/α-hetero) is 1. The Morgan fingerprint density at radius 3 is 2.62 bits per heavy atom. The Morgan fingerprint density at radius 2 is 1.78 bits per heavy atom. The van der Waals surface area contributed by atoms with Crippen molar-refractivity contribution in [2.24, 2.45) is 0 Å². The Kier molecular flexibility index (Phi) is 5.31. The Labute approximate surface area is 188 Å². The third-order valence-corrected chi connectivity index (χ3v) is 7.01. The fraction of sp³-hybridized carbons (Fsp3) is 0.333. The highest BCUT2D eigenvalue weighted by atomic mass is 16.3. The highest BCUT2D eigenvalue weighted by molar-refractivity contribution is 6.13. The van der Waals surface area contributed by atoms with E-state index in [1.54, 1.807) is 17.0 Å². The van der Waals surface area contributed by atoms with Gasteiger partial charge >= 0.3 is 0 Å². The molecule has 2 aliphatic rings. The molecule has 2 unspecified atom stereocenters. The van der Waals surface area contributed by atoms with Crippen molar-refractivity contribution < 1.29 is 14.7 Å². The highest BCUT2D eigenvalue weighted by Gasteiger charge is 2.51. The van der Waals surface area contributed by atoms with Crippen LogP contribution in [0.5, 0.6) is 0 Å². The lowest BCUT2D eigenvalue weighted by atomic mass is 9.87. The highest BCUT2D eigenvalue weighted by Crippen LogP contribution is 2.43. The lowest BCUT2D eigenvalue weighted by Gasteiger charge is -2.36. The van der Waals surface area contributed by atoms with Gasteiger partial charge in [0, 0.05) is 23.7 Å². The summed E-state index contributed by atoms with van der Waals surface area (Å²) in [5, 5.41) is 13.4. The van der Waals surface area contributed by atoms with Crippen LogP contribution in [0, 0.1) is 0 Å². The summed E-state index contributed by atoms with van der Waals surface area (Å²) in [6.07, 6.45) is 3.14. The number of likely N-dealkylation sites (tertiary alicyclic amines) is 1. The zero-order valence-electron chi connectivity index (χ0n) is 18.3. The van der Waals surface area contributed by atoms with Crippen LogP contribution < -0.4 is 4.90 Å². The maximum absolute atomic E-state index is 13.6. The van der Waals surface area contributed by atoms with Gasteiger partial charge in [0.2, 0.25) is 0 Å². The average Bonchev–Trinajstić information content (AvgIpc) is 3.02. The van der Waals surface area contributed by atoms with Crippen LogP contribution in [0.4, 0.5) is 5.69 Å². The van der Waals surface area contributed by atoms with Gasteiger partial charge in [-0.1, -0.05) is 67.1 Å². The Morgan fingerprint density at radius 1 is 1.03 bits per heavy atom. The van der Waals surface area contributed by atoms with Gasteiger partial charge in [0.25, 0.3) is 5.91 Å². The topological polar surface area (TPSA) is 60.9 Å². The molecule has 0 aliphatic carbocycles. The van der Waals surface area contributed by atoms with Crippen LogP contribution in [-0.4, -0.2) is 41.0 Å². The van der Waals surface area contributed by atoms with Crippen molar-refractivity contribution >= 4 is 28.2 Å². The first-order valence-corrected chi connectivity index (χ1v) is 11.4. The fourth-order valence-corrected chi connectivity index (χ4v) is 5.16. The third-order valence-electron chi connectivity index (χ3n) is 7.01. The second kappa shape index (κ2) is 8.15. The number of hydrogen-bond acceptors (Lipinski definition) is 4. The number of carbonyl (C=O) groups excluding carboxylic acids is 2. The summed E-state index contributed by atoms with van der Waals surface area (Å²) in [6.45, 7) is 3.55. The number of fused-ring (bicyclic) bond motifs is 2. The molecule has 2 aliphatic heterocycles. The van der Waals surface area contributed by atoms with Crippen molar-refractivity contribution in [2.45, 2.75) is 44.2 Å². The molecule has 164 valence electrons. The predicted octanol–water partition coefficient (Wildman–Crippen LogP) is 4.48. The first-order valence-electron chi connectivity index (χ1n) is 11.4. The summed E-state index contributed by atoms with van der Waals surface area (Å²) in [6, 6.07) is 21.0. The number of piperidine rings is 1. The van der Waals surface area contributed by atoms with E-state index in [-0.39, 0.29) is 12.2 Å². The van der Waals surface area contributed by atoms with Crippen molar-refractivity contribution in [3.05, 3.63) is 77.9 Å². The molecule has 0 aromatic heterocycles. The molecule has 1 fully saturated rings. The SMILES string of the molecule is CC1CCCCN1CN1C(=O)C(O)(CC(=O)c2cccc3ccccc23)c2ccccc21. The number of benzene rings is 3. The van der Waals surface area contributed by atoms with E-state index in [0.717, 1.165) is 30.2 Å². The van der Waals surface area contributed by atoms with Crippen molar-refractivity contribution in [1.82, 2.24) is 4.90 Å². The van der Waals surface area contributed by atoms with Crippen LogP contribution in [0.25, 0.3) is 10.8 Å². The molecular weight excluding hydrogens is 400 g/mol. The van der Waals surface area contributed by atoms with E-state index in [0.29, 0.717) is 29.5 Å². The first kappa shape index (κ1) is 20.9. The van der Waals surface area contributed by atoms with Crippen LogP contribution in [0.3, 0.4) is 0 Å². The number of hydrogen-bond donors (Lipinski definition) is 1. The van der Waals surface area contributed by atoms with E-state index >= 15 is 0 Å². The Bertz CT molecular complexity index is 1180. The molecule has 5 nitrogen and oxygen atoms in total. The molecule has 32 heavy (non-hydrogen) atoms. The summed E-state index contributed by atoms with van der Waals surface area (Å²) in [7, 11) is 0. The second-order valence-electron chi connectivity index (χ2n) is 9.04. The zero-order valence-corrected chi connectivity index (χ0v) is 18.3. The quantitative estimate of drug-likeness (QED) is 0.609. The number of amides is 1. The molecule has 1 amide bonds. The van der Waals surface area contributed by atoms with Crippen molar-refractivity contribution in [1.29, 1.82) is 0 Å². The molecule has 0 radical (unpaired) electrons. The normalized spacial score (nSPS) is 23.5. The first-order chi connectivity index (χ1) is 15.5. The summed E-state index contributed by atoms with van der Waals surface area (Å²) in [5.74, 6) is -0.647. The molecule has 1 saturated heterocycles. The number of rotatable bonds is 5. The summed E-state index contributed by atoms with van der Waals surface area (Å²) in [5.41, 5.74) is -0.111. The van der Waals surface area contributed by atoms with E-state index in [2.05, 4.69) is 11.8 Å². The monoisotopic (exact) mass is 428 g/mol. The number of para-hydroxylation sites is 1. The van der Waals surface area contributed by atoms with Gasteiger partial charge in [-0.05, 0) is 36.6 Å². The van der Waals surface area contributed by atoms with E-state index in [4.69, 9.17) is 0 Å². The van der Waals surface area contributed by atoms with Crippen molar-refractivity contribution in [3.8, 4) is 0 Å². The van der Waals surface area contributed by atoms with E-state index in [1.165, 1.54) is 6.42 Å². The smallest absolute Gasteiger partial charge is 0.265 e. The van der Waals surface area contributed by atoms with Gasteiger partial charge in [-0.15, -0.1) is 0 Å². The van der Waals surface area contributed by atoms with Gasteiger partial charge in [0.1, 0.15) is 0 Å². The van der Waals surface area contributed by atoms with Gasteiger partial charge < -0.3 is 5.11 Å². The van der Waals surface area contributed by atoms with E-state index < -0.39 is 11.5 Å². The van der Waals surface area contributed by atoms with Crippen molar-refractivity contribution in [3.63, 3.8) is 0 Å². The molecule has 2 atom stereocenters. The second-order valence-corrected chi connectivity index (χ2v) is 9.04. The third kappa shape index (κ3) is 3.42. The molecule has 2 heterocycles. The minimum absolute atomic E-state index is 0.236. The van der Waals surface area contributed by atoms with Crippen LogP contribution in [-0.2, 0) is 10.4 Å². The predicted molar refractivity (Wildman–Crippen MR) is 126 cm³/mol. The van der Waals surface area contributed by atoms with Crippen LogP contribution >= 0.6 is 0 Å². The van der Waals surface area contributed by atoms with Gasteiger partial charge in [-0.2, -0.15) is 0 Å². The molecule has 0 bridgehead atoms. The maximum Gasteiger partial charge on any atom is 0.265 e. The molecule has 3 aromatic rings. The van der Waals surface area contributed by atoms with Crippen molar-refractivity contribution in [2.75, 3.05) is 18.1 Å². The molecule has 0 spiro atoms. The van der Waals surface area contributed by atoms with Gasteiger partial charge in [0.15, 0.2) is 11.4 Å². The lowest BCUT2D eigenvalue weighted by molar-refractivity contribution is -0.136. The number of carbonyl (C=O) groups is 2. The number of anilines is 1. The Balaban J connectivity index is 1.48. The maximum atomic E-state index is 13.6. The molecule has 3 aromatic carbocycles.